The summed E-state index contributed by atoms with van der Waals surface area (Å²) < 4.78 is 5.55. The van der Waals surface area contributed by atoms with Crippen LogP contribution in [0, 0.1) is 0 Å². The summed E-state index contributed by atoms with van der Waals surface area (Å²) in [6, 6.07) is 10.5. The largest absolute Gasteiger partial charge is 0.381 e. The predicted octanol–water partition coefficient (Wildman–Crippen LogP) is 0.756. The maximum atomic E-state index is 12.3. The molecule has 0 saturated carbocycles. The van der Waals surface area contributed by atoms with E-state index in [1.807, 2.05) is 6.07 Å². The summed E-state index contributed by atoms with van der Waals surface area (Å²) in [5.41, 5.74) is 1.32. The van der Waals surface area contributed by atoms with Crippen LogP contribution in [0.15, 0.2) is 30.3 Å². The molecule has 2 fully saturated rings. The normalized spacial score (nSPS) is 21.7. The number of nitrogens with zero attached hydrogens (tertiary/aromatic N) is 1. The summed E-state index contributed by atoms with van der Waals surface area (Å²) in [4.78, 5) is 14.5. The number of piperazine rings is 1. The number of nitrogens with one attached hydrogen (secondary N) is 2. The van der Waals surface area contributed by atoms with Gasteiger partial charge < -0.3 is 15.4 Å². The zero-order valence-corrected chi connectivity index (χ0v) is 13.7. The Hall–Kier alpha value is -1.43. The van der Waals surface area contributed by atoms with Crippen LogP contribution >= 0.6 is 0 Å². The van der Waals surface area contributed by atoms with E-state index in [-0.39, 0.29) is 11.3 Å². The summed E-state index contributed by atoms with van der Waals surface area (Å²) in [5.74, 6) is 0.133. The van der Waals surface area contributed by atoms with E-state index in [4.69, 9.17) is 4.74 Å². The van der Waals surface area contributed by atoms with Crippen molar-refractivity contribution >= 4 is 5.91 Å². The van der Waals surface area contributed by atoms with Gasteiger partial charge in [0, 0.05) is 51.4 Å². The molecule has 0 atom stereocenters. The summed E-state index contributed by atoms with van der Waals surface area (Å²) in [6.45, 7) is 6.58. The van der Waals surface area contributed by atoms with E-state index in [1.165, 1.54) is 5.56 Å². The Morgan fingerprint density at radius 2 is 1.87 bits per heavy atom. The third-order valence-electron chi connectivity index (χ3n) is 5.04. The van der Waals surface area contributed by atoms with Crippen molar-refractivity contribution in [2.75, 3.05) is 52.5 Å². The number of hydrogen-bond donors (Lipinski definition) is 2. The van der Waals surface area contributed by atoms with E-state index in [1.54, 1.807) is 0 Å². The standard InChI is InChI=1S/C18H27N3O2/c22-17(14-21-10-8-19-9-11-21)20-15-18(6-12-23-13-7-18)16-4-2-1-3-5-16/h1-5,19H,6-15H2,(H,20,22). The smallest absolute Gasteiger partial charge is 0.234 e. The first-order chi connectivity index (χ1) is 11.3. The Labute approximate surface area is 138 Å². The van der Waals surface area contributed by atoms with Gasteiger partial charge >= 0.3 is 0 Å². The molecular formula is C18H27N3O2. The molecule has 23 heavy (non-hydrogen) atoms. The monoisotopic (exact) mass is 317 g/mol. The molecule has 0 unspecified atom stereocenters. The molecule has 0 spiro atoms. The quantitative estimate of drug-likeness (QED) is 0.842. The number of rotatable bonds is 5. The predicted molar refractivity (Wildman–Crippen MR) is 90.5 cm³/mol. The van der Waals surface area contributed by atoms with Gasteiger partial charge in [-0.3, -0.25) is 9.69 Å². The maximum absolute atomic E-state index is 12.3. The Balaban J connectivity index is 1.59. The number of ether oxygens (including phenoxy) is 1. The Bertz CT molecular complexity index is 494. The van der Waals surface area contributed by atoms with Crippen molar-refractivity contribution in [1.29, 1.82) is 0 Å². The molecule has 5 heteroatoms. The van der Waals surface area contributed by atoms with Crippen molar-refractivity contribution in [3.63, 3.8) is 0 Å². The van der Waals surface area contributed by atoms with Crippen LogP contribution in [-0.4, -0.2) is 63.3 Å². The van der Waals surface area contributed by atoms with Crippen LogP contribution < -0.4 is 10.6 Å². The van der Waals surface area contributed by atoms with Crippen molar-refractivity contribution in [1.82, 2.24) is 15.5 Å². The fourth-order valence-corrected chi connectivity index (χ4v) is 3.52. The molecule has 126 valence electrons. The summed E-state index contributed by atoms with van der Waals surface area (Å²) in [5, 5.41) is 6.49. The number of hydrogen-bond acceptors (Lipinski definition) is 4. The summed E-state index contributed by atoms with van der Waals surface area (Å²) >= 11 is 0. The summed E-state index contributed by atoms with van der Waals surface area (Å²) in [7, 11) is 0. The van der Waals surface area contributed by atoms with Gasteiger partial charge in [-0.2, -0.15) is 0 Å². The number of amides is 1. The lowest BCUT2D eigenvalue weighted by atomic mass is 9.74. The molecule has 0 aliphatic carbocycles. The molecule has 1 amide bonds. The van der Waals surface area contributed by atoms with Crippen molar-refractivity contribution in [3.8, 4) is 0 Å². The average molecular weight is 317 g/mol. The third kappa shape index (κ3) is 4.31. The second-order valence-electron chi connectivity index (χ2n) is 6.56. The van der Waals surface area contributed by atoms with E-state index in [9.17, 15) is 4.79 Å². The molecule has 0 aromatic heterocycles. The second kappa shape index (κ2) is 7.90. The van der Waals surface area contributed by atoms with Gasteiger partial charge in [0.25, 0.3) is 0 Å². The van der Waals surface area contributed by atoms with Crippen molar-refractivity contribution < 1.29 is 9.53 Å². The van der Waals surface area contributed by atoms with Gasteiger partial charge in [0.15, 0.2) is 0 Å². The fourth-order valence-electron chi connectivity index (χ4n) is 3.52. The van der Waals surface area contributed by atoms with E-state index in [2.05, 4.69) is 39.8 Å². The molecule has 0 radical (unpaired) electrons. The third-order valence-corrected chi connectivity index (χ3v) is 5.04. The van der Waals surface area contributed by atoms with Crippen LogP contribution in [0.5, 0.6) is 0 Å². The maximum Gasteiger partial charge on any atom is 0.234 e. The molecule has 2 saturated heterocycles. The second-order valence-corrected chi connectivity index (χ2v) is 6.56. The molecule has 1 aromatic carbocycles. The van der Waals surface area contributed by atoms with Gasteiger partial charge in [-0.25, -0.2) is 0 Å². The van der Waals surface area contributed by atoms with Crippen LogP contribution in [0.2, 0.25) is 0 Å². The minimum Gasteiger partial charge on any atom is -0.381 e. The van der Waals surface area contributed by atoms with Crippen molar-refractivity contribution in [3.05, 3.63) is 35.9 Å². The van der Waals surface area contributed by atoms with E-state index < -0.39 is 0 Å². The highest BCUT2D eigenvalue weighted by Gasteiger charge is 2.34. The Morgan fingerprint density at radius 1 is 1.17 bits per heavy atom. The molecule has 2 aliphatic heterocycles. The molecule has 5 nitrogen and oxygen atoms in total. The zero-order valence-electron chi connectivity index (χ0n) is 13.7. The molecule has 0 bridgehead atoms. The molecule has 2 heterocycles. The minimum atomic E-state index is 0.0125. The van der Waals surface area contributed by atoms with Gasteiger partial charge in [-0.15, -0.1) is 0 Å². The average Bonchev–Trinajstić information content (AvgIpc) is 2.62. The van der Waals surface area contributed by atoms with Gasteiger partial charge in [-0.05, 0) is 18.4 Å². The van der Waals surface area contributed by atoms with Gasteiger partial charge in [0.1, 0.15) is 0 Å². The SMILES string of the molecule is O=C(CN1CCNCC1)NCC1(c2ccccc2)CCOCC1. The highest BCUT2D eigenvalue weighted by atomic mass is 16.5. The molecule has 2 N–H and O–H groups in total. The van der Waals surface area contributed by atoms with E-state index >= 15 is 0 Å². The van der Waals surface area contributed by atoms with Gasteiger partial charge in [0.05, 0.1) is 6.54 Å². The first-order valence-corrected chi connectivity index (χ1v) is 8.62. The lowest BCUT2D eigenvalue weighted by Gasteiger charge is -2.38. The molecular weight excluding hydrogens is 290 g/mol. The molecule has 3 rings (SSSR count). The van der Waals surface area contributed by atoms with Crippen LogP contribution in [0.25, 0.3) is 0 Å². The van der Waals surface area contributed by atoms with Crippen molar-refractivity contribution in [2.24, 2.45) is 0 Å². The first kappa shape index (κ1) is 16.4. The highest BCUT2D eigenvalue weighted by Crippen LogP contribution is 2.34. The van der Waals surface area contributed by atoms with E-state index in [0.29, 0.717) is 13.1 Å². The van der Waals surface area contributed by atoms with Crippen LogP contribution in [0.3, 0.4) is 0 Å². The van der Waals surface area contributed by atoms with Crippen LogP contribution in [0.1, 0.15) is 18.4 Å². The first-order valence-electron chi connectivity index (χ1n) is 8.62. The number of carbonyl (C=O) groups is 1. The molecule has 2 aliphatic rings. The van der Waals surface area contributed by atoms with Gasteiger partial charge in [-0.1, -0.05) is 30.3 Å². The minimum absolute atomic E-state index is 0.0125. The van der Waals surface area contributed by atoms with Crippen molar-refractivity contribution in [2.45, 2.75) is 18.3 Å². The zero-order chi connectivity index (χ0) is 16.0. The fraction of sp³-hybridized carbons (Fsp3) is 0.611. The topological polar surface area (TPSA) is 53.6 Å². The van der Waals surface area contributed by atoms with Crippen LogP contribution in [-0.2, 0) is 14.9 Å². The van der Waals surface area contributed by atoms with Crippen LogP contribution in [0.4, 0.5) is 0 Å². The lowest BCUT2D eigenvalue weighted by Crippen LogP contribution is -2.50. The number of benzene rings is 1. The van der Waals surface area contributed by atoms with E-state index in [0.717, 1.165) is 52.2 Å². The van der Waals surface area contributed by atoms with Gasteiger partial charge in [0.2, 0.25) is 5.91 Å². The summed E-state index contributed by atoms with van der Waals surface area (Å²) in [6.07, 6.45) is 1.93. The number of carbonyl (C=O) groups excluding carboxylic acids is 1. The highest BCUT2D eigenvalue weighted by molar-refractivity contribution is 5.78. The lowest BCUT2D eigenvalue weighted by molar-refractivity contribution is -0.122. The molecule has 1 aromatic rings. The Kier molecular flexibility index (Phi) is 5.65. The Morgan fingerprint density at radius 3 is 2.57 bits per heavy atom.